The average Bonchev–Trinajstić information content (AvgIpc) is 2.83. The van der Waals surface area contributed by atoms with Gasteiger partial charge in [-0.15, -0.1) is 0 Å². The molecule has 1 aromatic heterocycles. The highest BCUT2D eigenvalue weighted by atomic mass is 19.1. The number of nitrogens with two attached hydrogens (primary N) is 1. The van der Waals surface area contributed by atoms with E-state index in [1.165, 1.54) is 12.3 Å². The lowest BCUT2D eigenvalue weighted by molar-refractivity contribution is -0.165. The molecule has 1 fully saturated rings. The maximum absolute atomic E-state index is 15.7. The molecule has 1 aliphatic heterocycles. The zero-order valence-electron chi connectivity index (χ0n) is 16.5. The fourth-order valence-electron chi connectivity index (χ4n) is 2.73. The summed E-state index contributed by atoms with van der Waals surface area (Å²) in [5.74, 6) is -2.07. The summed E-state index contributed by atoms with van der Waals surface area (Å²) in [6.07, 6.45) is -2.69. The summed E-state index contributed by atoms with van der Waals surface area (Å²) < 4.78 is 32.7. The van der Waals surface area contributed by atoms with Gasteiger partial charge in [0, 0.05) is 6.20 Å². The Morgan fingerprint density at radius 1 is 1.32 bits per heavy atom. The number of carbonyl (C=O) groups is 2. The molecule has 4 atom stereocenters. The van der Waals surface area contributed by atoms with Crippen LogP contribution in [0.1, 0.15) is 40.8 Å². The molecule has 0 radical (unpaired) electrons. The number of halogens is 1. The van der Waals surface area contributed by atoms with Crippen molar-refractivity contribution >= 4 is 17.8 Å². The molecule has 1 aliphatic rings. The molecule has 2 rings (SSSR count). The molecule has 10 heteroatoms. The lowest BCUT2D eigenvalue weighted by Gasteiger charge is -2.28. The average molecular weight is 399 g/mol. The molecule has 1 aromatic rings. The summed E-state index contributed by atoms with van der Waals surface area (Å²) in [5, 5.41) is 0. The monoisotopic (exact) mass is 399 g/mol. The minimum Gasteiger partial charge on any atom is -0.463 e. The van der Waals surface area contributed by atoms with Gasteiger partial charge in [0.2, 0.25) is 0 Å². The van der Waals surface area contributed by atoms with E-state index in [4.69, 9.17) is 19.9 Å². The van der Waals surface area contributed by atoms with Crippen LogP contribution in [0, 0.1) is 11.8 Å². The maximum Gasteiger partial charge on any atom is 0.351 e. The molecular weight excluding hydrogens is 373 g/mol. The first-order valence-corrected chi connectivity index (χ1v) is 9.01. The number of alkyl halides is 1. The number of nitrogens with zero attached hydrogens (tertiary/aromatic N) is 2. The molecule has 28 heavy (non-hydrogen) atoms. The number of nitrogen functional groups attached to an aromatic ring is 1. The smallest absolute Gasteiger partial charge is 0.351 e. The van der Waals surface area contributed by atoms with Gasteiger partial charge in [0.25, 0.3) is 0 Å². The molecular formula is C18H26FN3O6. The minimum absolute atomic E-state index is 0.0231. The summed E-state index contributed by atoms with van der Waals surface area (Å²) >= 11 is 0. The Hall–Kier alpha value is -2.49. The van der Waals surface area contributed by atoms with Crippen LogP contribution in [-0.2, 0) is 23.8 Å². The minimum atomic E-state index is -2.29. The molecule has 0 aromatic carbocycles. The van der Waals surface area contributed by atoms with Gasteiger partial charge in [0.05, 0.1) is 11.8 Å². The quantitative estimate of drug-likeness (QED) is 0.709. The summed E-state index contributed by atoms with van der Waals surface area (Å²) in [6, 6.07) is 1.32. The number of esters is 2. The van der Waals surface area contributed by atoms with Crippen molar-refractivity contribution in [3.05, 3.63) is 22.7 Å². The fraction of sp³-hybridized carbons (Fsp3) is 0.667. The van der Waals surface area contributed by atoms with Crippen molar-refractivity contribution in [2.24, 2.45) is 11.8 Å². The Kier molecular flexibility index (Phi) is 6.43. The molecule has 0 saturated carbocycles. The van der Waals surface area contributed by atoms with Gasteiger partial charge in [-0.2, -0.15) is 4.98 Å². The second kappa shape index (κ2) is 8.26. The van der Waals surface area contributed by atoms with Crippen LogP contribution in [0.15, 0.2) is 17.1 Å². The molecule has 0 bridgehead atoms. The van der Waals surface area contributed by atoms with Gasteiger partial charge in [0.1, 0.15) is 18.5 Å². The van der Waals surface area contributed by atoms with Crippen molar-refractivity contribution in [3.63, 3.8) is 0 Å². The maximum atomic E-state index is 15.7. The lowest BCUT2D eigenvalue weighted by Crippen LogP contribution is -2.46. The topological polar surface area (TPSA) is 123 Å². The zero-order valence-corrected chi connectivity index (χ0v) is 16.5. The van der Waals surface area contributed by atoms with Crippen molar-refractivity contribution < 1.29 is 28.2 Å². The SMILES string of the molecule is CC(C)C(=O)OCC1OC(n2ccc(N)nc2=O)C(C)(F)C1OC(=O)C(C)C. The van der Waals surface area contributed by atoms with Crippen LogP contribution in [0.3, 0.4) is 0 Å². The molecule has 2 N–H and O–H groups in total. The normalized spacial score (nSPS) is 27.2. The lowest BCUT2D eigenvalue weighted by atomic mass is 9.98. The first-order chi connectivity index (χ1) is 12.9. The second-order valence-electron chi connectivity index (χ2n) is 7.52. The van der Waals surface area contributed by atoms with Crippen molar-refractivity contribution in [2.75, 3.05) is 12.3 Å². The van der Waals surface area contributed by atoms with Crippen molar-refractivity contribution in [1.29, 1.82) is 0 Å². The van der Waals surface area contributed by atoms with Gasteiger partial charge < -0.3 is 19.9 Å². The molecule has 2 heterocycles. The Labute approximate surface area is 162 Å². The van der Waals surface area contributed by atoms with Gasteiger partial charge in [-0.25, -0.2) is 9.18 Å². The van der Waals surface area contributed by atoms with E-state index < -0.39 is 53.6 Å². The number of hydrogen-bond donors (Lipinski definition) is 1. The Morgan fingerprint density at radius 3 is 2.46 bits per heavy atom. The highest BCUT2D eigenvalue weighted by molar-refractivity contribution is 5.72. The van der Waals surface area contributed by atoms with E-state index in [9.17, 15) is 14.4 Å². The van der Waals surface area contributed by atoms with Crippen LogP contribution < -0.4 is 11.4 Å². The number of aromatic nitrogens is 2. The molecule has 0 amide bonds. The van der Waals surface area contributed by atoms with E-state index in [2.05, 4.69) is 4.98 Å². The molecule has 1 saturated heterocycles. The van der Waals surface area contributed by atoms with Gasteiger partial charge in [0.15, 0.2) is 18.0 Å². The van der Waals surface area contributed by atoms with Crippen LogP contribution in [0.25, 0.3) is 0 Å². The van der Waals surface area contributed by atoms with Crippen molar-refractivity contribution in [3.8, 4) is 0 Å². The van der Waals surface area contributed by atoms with Gasteiger partial charge >= 0.3 is 17.6 Å². The Bertz CT molecular complexity index is 792. The molecule has 0 spiro atoms. The first-order valence-electron chi connectivity index (χ1n) is 9.01. The number of rotatable bonds is 6. The summed E-state index contributed by atoms with van der Waals surface area (Å²) in [5.41, 5.74) is 2.36. The Morgan fingerprint density at radius 2 is 1.93 bits per heavy atom. The van der Waals surface area contributed by atoms with E-state index in [0.29, 0.717) is 0 Å². The number of ether oxygens (including phenoxy) is 3. The largest absolute Gasteiger partial charge is 0.463 e. The van der Waals surface area contributed by atoms with Crippen molar-refractivity contribution in [2.45, 2.75) is 58.7 Å². The van der Waals surface area contributed by atoms with E-state index >= 15 is 4.39 Å². The number of hydrogen-bond acceptors (Lipinski definition) is 8. The van der Waals surface area contributed by atoms with E-state index in [0.717, 1.165) is 11.5 Å². The molecule has 4 unspecified atom stereocenters. The molecule has 0 aliphatic carbocycles. The summed E-state index contributed by atoms with van der Waals surface area (Å²) in [7, 11) is 0. The third-order valence-corrected chi connectivity index (χ3v) is 4.36. The van der Waals surface area contributed by atoms with E-state index in [1.807, 2.05) is 0 Å². The van der Waals surface area contributed by atoms with Crippen LogP contribution >= 0.6 is 0 Å². The second-order valence-corrected chi connectivity index (χ2v) is 7.52. The van der Waals surface area contributed by atoms with Gasteiger partial charge in [-0.3, -0.25) is 14.2 Å². The van der Waals surface area contributed by atoms with Crippen LogP contribution in [0.5, 0.6) is 0 Å². The van der Waals surface area contributed by atoms with Crippen LogP contribution in [-0.4, -0.2) is 46.0 Å². The number of anilines is 1. The van der Waals surface area contributed by atoms with Gasteiger partial charge in [-0.05, 0) is 13.0 Å². The highest BCUT2D eigenvalue weighted by Gasteiger charge is 2.58. The van der Waals surface area contributed by atoms with E-state index in [1.54, 1.807) is 27.7 Å². The number of carbonyl (C=O) groups excluding carboxylic acids is 2. The highest BCUT2D eigenvalue weighted by Crippen LogP contribution is 2.42. The first kappa shape index (κ1) is 21.8. The molecule has 9 nitrogen and oxygen atoms in total. The van der Waals surface area contributed by atoms with Crippen LogP contribution in [0.4, 0.5) is 10.2 Å². The summed E-state index contributed by atoms with van der Waals surface area (Å²) in [4.78, 5) is 39.6. The Balaban J connectivity index is 2.34. The third kappa shape index (κ3) is 4.49. The molecule has 156 valence electrons. The van der Waals surface area contributed by atoms with Gasteiger partial charge in [-0.1, -0.05) is 27.7 Å². The predicted molar refractivity (Wildman–Crippen MR) is 96.8 cm³/mol. The zero-order chi connectivity index (χ0) is 21.2. The van der Waals surface area contributed by atoms with Crippen molar-refractivity contribution in [1.82, 2.24) is 9.55 Å². The standard InChI is InChI=1S/C18H26FN3O6/c1-9(2)14(23)26-8-11-13(28-15(24)10(3)4)18(5,19)16(27-11)22-7-6-12(20)21-17(22)25/h6-7,9-11,13,16H,8H2,1-5H3,(H2,20,21,25). The third-order valence-electron chi connectivity index (χ3n) is 4.36. The van der Waals surface area contributed by atoms with E-state index in [-0.39, 0.29) is 12.4 Å². The predicted octanol–water partition coefficient (Wildman–Crippen LogP) is 1.22. The van der Waals surface area contributed by atoms with Crippen LogP contribution in [0.2, 0.25) is 0 Å². The summed E-state index contributed by atoms with van der Waals surface area (Å²) in [6.45, 7) is 7.33. The fourth-order valence-corrected chi connectivity index (χ4v) is 2.73.